The lowest BCUT2D eigenvalue weighted by Gasteiger charge is -2.36. The Labute approximate surface area is 128 Å². The number of morpholine rings is 1. The van der Waals surface area contributed by atoms with Gasteiger partial charge in [0.05, 0.1) is 17.7 Å². The second kappa shape index (κ2) is 6.83. The first kappa shape index (κ1) is 14.2. The smallest absolute Gasteiger partial charge is 0.225 e. The third kappa shape index (κ3) is 3.68. The molecule has 1 aromatic rings. The van der Waals surface area contributed by atoms with Crippen LogP contribution in [-0.4, -0.2) is 60.8 Å². The van der Waals surface area contributed by atoms with E-state index in [1.165, 1.54) is 19.4 Å². The molecular weight excluding hydrogens is 320 g/mol. The standard InChI is InChI=1S/C14H21BrN4O/c15-13-8-16-14(17-9-13)19-3-1-2-12(11-19)10-18-4-6-20-7-5-18/h8-9,12H,1-7,10-11H2/t12-/m1/s1. The number of nitrogens with zero attached hydrogens (tertiary/aromatic N) is 4. The number of ether oxygens (including phenoxy) is 1. The summed E-state index contributed by atoms with van der Waals surface area (Å²) in [5.74, 6) is 1.58. The Hall–Kier alpha value is -0.720. The van der Waals surface area contributed by atoms with E-state index in [-0.39, 0.29) is 0 Å². The zero-order chi connectivity index (χ0) is 13.8. The minimum absolute atomic E-state index is 0.717. The maximum absolute atomic E-state index is 5.41. The summed E-state index contributed by atoms with van der Waals surface area (Å²) in [6, 6.07) is 0. The zero-order valence-corrected chi connectivity index (χ0v) is 13.3. The molecule has 1 atom stereocenters. The average molecular weight is 341 g/mol. The second-order valence-electron chi connectivity index (χ2n) is 5.57. The van der Waals surface area contributed by atoms with Crippen molar-refractivity contribution >= 4 is 21.9 Å². The van der Waals surface area contributed by atoms with Gasteiger partial charge in [-0.05, 0) is 34.7 Å². The van der Waals surface area contributed by atoms with Crippen LogP contribution in [0.3, 0.4) is 0 Å². The summed E-state index contributed by atoms with van der Waals surface area (Å²) in [7, 11) is 0. The van der Waals surface area contributed by atoms with Crippen LogP contribution < -0.4 is 4.90 Å². The van der Waals surface area contributed by atoms with Gasteiger partial charge in [0.2, 0.25) is 5.95 Å². The number of aromatic nitrogens is 2. The van der Waals surface area contributed by atoms with Crippen molar-refractivity contribution in [3.63, 3.8) is 0 Å². The summed E-state index contributed by atoms with van der Waals surface area (Å²) in [4.78, 5) is 13.7. The summed E-state index contributed by atoms with van der Waals surface area (Å²) < 4.78 is 6.35. The Bertz CT molecular complexity index is 422. The lowest BCUT2D eigenvalue weighted by molar-refractivity contribution is 0.0296. The van der Waals surface area contributed by atoms with E-state index in [1.807, 2.05) is 12.4 Å². The van der Waals surface area contributed by atoms with Gasteiger partial charge in [0.1, 0.15) is 0 Å². The number of hydrogen-bond donors (Lipinski definition) is 0. The van der Waals surface area contributed by atoms with Gasteiger partial charge in [0.25, 0.3) is 0 Å². The van der Waals surface area contributed by atoms with Gasteiger partial charge < -0.3 is 9.64 Å². The monoisotopic (exact) mass is 340 g/mol. The third-order valence-corrected chi connectivity index (χ3v) is 4.44. The SMILES string of the molecule is Brc1cnc(N2CCC[C@H](CN3CCOCC3)C2)nc1. The summed E-state index contributed by atoms with van der Waals surface area (Å²) in [5.41, 5.74) is 0. The average Bonchev–Trinajstić information content (AvgIpc) is 2.49. The third-order valence-electron chi connectivity index (χ3n) is 4.03. The molecule has 3 heterocycles. The highest BCUT2D eigenvalue weighted by atomic mass is 79.9. The van der Waals surface area contributed by atoms with E-state index >= 15 is 0 Å². The van der Waals surface area contributed by atoms with E-state index in [2.05, 4.69) is 35.7 Å². The van der Waals surface area contributed by atoms with Crippen LogP contribution in [0.5, 0.6) is 0 Å². The Morgan fingerprint density at radius 1 is 1.20 bits per heavy atom. The fourth-order valence-corrected chi connectivity index (χ4v) is 3.22. The molecule has 1 aromatic heterocycles. The van der Waals surface area contributed by atoms with Gasteiger partial charge in [-0.15, -0.1) is 0 Å². The quantitative estimate of drug-likeness (QED) is 0.839. The topological polar surface area (TPSA) is 41.5 Å². The molecule has 0 unspecified atom stereocenters. The van der Waals surface area contributed by atoms with Crippen LogP contribution in [0.2, 0.25) is 0 Å². The Morgan fingerprint density at radius 3 is 2.70 bits per heavy atom. The van der Waals surface area contributed by atoms with Crippen molar-refractivity contribution in [2.45, 2.75) is 12.8 Å². The fourth-order valence-electron chi connectivity index (χ4n) is 3.01. The van der Waals surface area contributed by atoms with Crippen LogP contribution >= 0.6 is 15.9 Å². The molecular formula is C14H21BrN4O. The van der Waals surface area contributed by atoms with E-state index in [0.29, 0.717) is 5.92 Å². The molecule has 0 bridgehead atoms. The van der Waals surface area contributed by atoms with Gasteiger partial charge in [0.15, 0.2) is 0 Å². The minimum atomic E-state index is 0.717. The van der Waals surface area contributed by atoms with Gasteiger partial charge in [-0.25, -0.2) is 9.97 Å². The summed E-state index contributed by atoms with van der Waals surface area (Å²) in [6.07, 6.45) is 6.20. The number of anilines is 1. The predicted octanol–water partition coefficient (Wildman–Crippen LogP) is 1.79. The molecule has 2 saturated heterocycles. The molecule has 6 heteroatoms. The van der Waals surface area contributed by atoms with Crippen LogP contribution in [-0.2, 0) is 4.74 Å². The van der Waals surface area contributed by atoms with E-state index in [4.69, 9.17) is 4.74 Å². The van der Waals surface area contributed by atoms with E-state index in [0.717, 1.165) is 49.8 Å². The molecule has 0 radical (unpaired) electrons. The molecule has 0 spiro atoms. The molecule has 5 nitrogen and oxygen atoms in total. The summed E-state index contributed by atoms with van der Waals surface area (Å²) >= 11 is 3.39. The molecule has 0 aromatic carbocycles. The highest BCUT2D eigenvalue weighted by Gasteiger charge is 2.24. The van der Waals surface area contributed by atoms with Gasteiger partial charge in [0, 0.05) is 45.1 Å². The highest BCUT2D eigenvalue weighted by molar-refractivity contribution is 9.10. The Morgan fingerprint density at radius 2 is 1.95 bits per heavy atom. The molecule has 0 amide bonds. The molecule has 20 heavy (non-hydrogen) atoms. The van der Waals surface area contributed by atoms with Gasteiger partial charge in [-0.2, -0.15) is 0 Å². The maximum Gasteiger partial charge on any atom is 0.225 e. The van der Waals surface area contributed by atoms with Crippen molar-refractivity contribution in [1.29, 1.82) is 0 Å². The highest BCUT2D eigenvalue weighted by Crippen LogP contribution is 2.22. The van der Waals surface area contributed by atoms with E-state index < -0.39 is 0 Å². The second-order valence-corrected chi connectivity index (χ2v) is 6.48. The van der Waals surface area contributed by atoms with Crippen molar-refractivity contribution in [2.24, 2.45) is 5.92 Å². The van der Waals surface area contributed by atoms with E-state index in [9.17, 15) is 0 Å². The lowest BCUT2D eigenvalue weighted by atomic mass is 9.97. The first-order chi connectivity index (χ1) is 9.81. The molecule has 0 aliphatic carbocycles. The van der Waals surface area contributed by atoms with Crippen molar-refractivity contribution in [2.75, 3.05) is 50.8 Å². The van der Waals surface area contributed by atoms with Crippen LogP contribution in [0.1, 0.15) is 12.8 Å². The van der Waals surface area contributed by atoms with Crippen molar-refractivity contribution in [3.8, 4) is 0 Å². The van der Waals surface area contributed by atoms with Crippen molar-refractivity contribution in [1.82, 2.24) is 14.9 Å². The summed E-state index contributed by atoms with van der Waals surface area (Å²) in [6.45, 7) is 7.23. The largest absolute Gasteiger partial charge is 0.379 e. The molecule has 0 N–H and O–H groups in total. The van der Waals surface area contributed by atoms with E-state index in [1.54, 1.807) is 0 Å². The predicted molar refractivity (Wildman–Crippen MR) is 81.9 cm³/mol. The number of hydrogen-bond acceptors (Lipinski definition) is 5. The van der Waals surface area contributed by atoms with Crippen LogP contribution in [0, 0.1) is 5.92 Å². The lowest BCUT2D eigenvalue weighted by Crippen LogP contribution is -2.45. The molecule has 2 aliphatic heterocycles. The first-order valence-electron chi connectivity index (χ1n) is 7.34. The molecule has 110 valence electrons. The van der Waals surface area contributed by atoms with Gasteiger partial charge >= 0.3 is 0 Å². The first-order valence-corrected chi connectivity index (χ1v) is 8.13. The molecule has 2 aliphatic rings. The van der Waals surface area contributed by atoms with Gasteiger partial charge in [-0.3, -0.25) is 4.90 Å². The van der Waals surface area contributed by atoms with Crippen LogP contribution in [0.4, 0.5) is 5.95 Å². The Kier molecular flexibility index (Phi) is 4.86. The Balaban J connectivity index is 1.57. The number of halogens is 1. The van der Waals surface area contributed by atoms with Crippen LogP contribution in [0.15, 0.2) is 16.9 Å². The minimum Gasteiger partial charge on any atom is -0.379 e. The van der Waals surface area contributed by atoms with Crippen molar-refractivity contribution < 1.29 is 4.74 Å². The fraction of sp³-hybridized carbons (Fsp3) is 0.714. The zero-order valence-electron chi connectivity index (χ0n) is 11.7. The normalized spacial score (nSPS) is 24.9. The molecule has 0 saturated carbocycles. The summed E-state index contributed by atoms with van der Waals surface area (Å²) in [5, 5.41) is 0. The molecule has 2 fully saturated rings. The number of rotatable bonds is 3. The van der Waals surface area contributed by atoms with Gasteiger partial charge in [-0.1, -0.05) is 0 Å². The molecule has 3 rings (SSSR count). The van der Waals surface area contributed by atoms with Crippen LogP contribution in [0.25, 0.3) is 0 Å². The van der Waals surface area contributed by atoms with Crippen molar-refractivity contribution in [3.05, 3.63) is 16.9 Å². The number of piperidine rings is 1. The maximum atomic E-state index is 5.41.